The Morgan fingerprint density at radius 2 is 1.44 bits per heavy atom. The zero-order chi connectivity index (χ0) is 27.7. The van der Waals surface area contributed by atoms with Gasteiger partial charge in [-0.3, -0.25) is 0 Å². The predicted molar refractivity (Wildman–Crippen MR) is 168 cm³/mol. The number of hydrogen-bond donors (Lipinski definition) is 1. The second kappa shape index (κ2) is 15.4. The summed E-state index contributed by atoms with van der Waals surface area (Å²) >= 11 is 0. The number of nitrogens with two attached hydrogens (primary N) is 1. The lowest BCUT2D eigenvalue weighted by Crippen LogP contribution is -2.58. The summed E-state index contributed by atoms with van der Waals surface area (Å²) in [6.07, 6.45) is 27.2. The molecular weight excluding hydrogens is 476 g/mol. The molecule has 0 radical (unpaired) electrons. The first-order valence-corrected chi connectivity index (χ1v) is 18.0. The van der Waals surface area contributed by atoms with Crippen LogP contribution in [0.5, 0.6) is 0 Å². The molecular formula is C36H68N2O. The highest BCUT2D eigenvalue weighted by molar-refractivity contribution is 5.11. The Bertz CT molecular complexity index is 688. The fraction of sp³-hybridized carbons (Fsp3) is 1.00. The molecule has 228 valence electrons. The van der Waals surface area contributed by atoms with E-state index in [4.69, 9.17) is 10.5 Å². The summed E-state index contributed by atoms with van der Waals surface area (Å²) < 4.78 is 6.80. The van der Waals surface area contributed by atoms with Crippen LogP contribution < -0.4 is 5.73 Å². The van der Waals surface area contributed by atoms with Crippen molar-refractivity contribution in [3.8, 4) is 0 Å². The molecule has 4 aliphatic carbocycles. The van der Waals surface area contributed by atoms with Crippen LogP contribution in [0.2, 0.25) is 0 Å². The van der Waals surface area contributed by atoms with Crippen molar-refractivity contribution >= 4 is 0 Å². The Balaban J connectivity index is 1.35. The standard InChI is InChI=1S/C36H68N2O/c1-5-7-12-24-38(25-13-8-6-2)26-14-10-16-29-18-19-31-34-32(20-22-36(29,31)4)35(3)21-11-9-17-30(35)28-33(34)39-27-15-23-37/h29-34H,5-28,37H2,1-4H3/t29?,30?,31?,32?,33-,34?,35?,36?/m1/s1. The van der Waals surface area contributed by atoms with Crippen molar-refractivity contribution in [3.05, 3.63) is 0 Å². The molecule has 0 aromatic rings. The Hall–Kier alpha value is -0.120. The normalized spacial score (nSPS) is 38.0. The van der Waals surface area contributed by atoms with Gasteiger partial charge in [-0.05, 0) is 144 Å². The minimum absolute atomic E-state index is 0.501. The largest absolute Gasteiger partial charge is 0.378 e. The van der Waals surface area contributed by atoms with E-state index in [1.54, 1.807) is 0 Å². The van der Waals surface area contributed by atoms with Gasteiger partial charge in [-0.1, -0.05) is 72.6 Å². The number of nitrogens with zero attached hydrogens (tertiary/aromatic N) is 1. The third-order valence-corrected chi connectivity index (χ3v) is 12.9. The van der Waals surface area contributed by atoms with Gasteiger partial charge in [0.05, 0.1) is 6.10 Å². The average molecular weight is 545 g/mol. The maximum atomic E-state index is 6.80. The lowest BCUT2D eigenvalue weighted by atomic mass is 9.44. The molecule has 0 aromatic carbocycles. The molecule has 0 saturated heterocycles. The van der Waals surface area contributed by atoms with Gasteiger partial charge in [0, 0.05) is 6.61 Å². The quantitative estimate of drug-likeness (QED) is 0.185. The third-order valence-electron chi connectivity index (χ3n) is 12.9. The monoisotopic (exact) mass is 545 g/mol. The highest BCUT2D eigenvalue weighted by atomic mass is 16.5. The fourth-order valence-corrected chi connectivity index (χ4v) is 10.5. The van der Waals surface area contributed by atoms with Crippen LogP contribution in [-0.2, 0) is 4.74 Å². The molecule has 0 amide bonds. The molecule has 0 spiro atoms. The molecule has 0 aliphatic heterocycles. The van der Waals surface area contributed by atoms with E-state index in [-0.39, 0.29) is 0 Å². The highest BCUT2D eigenvalue weighted by Crippen LogP contribution is 2.68. The second-order valence-electron chi connectivity index (χ2n) is 15.1. The smallest absolute Gasteiger partial charge is 0.0611 e. The van der Waals surface area contributed by atoms with E-state index < -0.39 is 0 Å². The number of ether oxygens (including phenoxy) is 1. The van der Waals surface area contributed by atoms with Crippen molar-refractivity contribution in [2.75, 3.05) is 32.8 Å². The van der Waals surface area contributed by atoms with Crippen molar-refractivity contribution in [1.29, 1.82) is 0 Å². The minimum atomic E-state index is 0.501. The molecule has 3 nitrogen and oxygen atoms in total. The first-order chi connectivity index (χ1) is 19.0. The first-order valence-electron chi connectivity index (χ1n) is 18.0. The van der Waals surface area contributed by atoms with Crippen LogP contribution in [0.4, 0.5) is 0 Å². The van der Waals surface area contributed by atoms with Crippen LogP contribution in [0.25, 0.3) is 0 Å². The van der Waals surface area contributed by atoms with Gasteiger partial charge >= 0.3 is 0 Å². The van der Waals surface area contributed by atoms with Crippen LogP contribution in [0.15, 0.2) is 0 Å². The van der Waals surface area contributed by atoms with E-state index in [1.165, 1.54) is 135 Å². The van der Waals surface area contributed by atoms with Gasteiger partial charge in [-0.25, -0.2) is 0 Å². The molecule has 0 heterocycles. The molecule has 3 heteroatoms. The number of fused-ring (bicyclic) bond motifs is 5. The maximum absolute atomic E-state index is 6.80. The van der Waals surface area contributed by atoms with Crippen molar-refractivity contribution in [2.24, 2.45) is 46.2 Å². The fourth-order valence-electron chi connectivity index (χ4n) is 10.5. The minimum Gasteiger partial charge on any atom is -0.378 e. The maximum Gasteiger partial charge on any atom is 0.0611 e. The van der Waals surface area contributed by atoms with Crippen molar-refractivity contribution in [2.45, 2.75) is 156 Å². The van der Waals surface area contributed by atoms with Gasteiger partial charge in [0.15, 0.2) is 0 Å². The molecule has 4 aliphatic rings. The summed E-state index contributed by atoms with van der Waals surface area (Å²) in [5.74, 6) is 4.44. The van der Waals surface area contributed by atoms with E-state index in [0.717, 1.165) is 49.2 Å². The molecule has 4 fully saturated rings. The molecule has 39 heavy (non-hydrogen) atoms. The summed E-state index contributed by atoms with van der Waals surface area (Å²) in [4.78, 5) is 2.81. The summed E-state index contributed by atoms with van der Waals surface area (Å²) in [7, 11) is 0. The van der Waals surface area contributed by atoms with Crippen LogP contribution in [-0.4, -0.2) is 43.8 Å². The second-order valence-corrected chi connectivity index (χ2v) is 15.1. The summed E-state index contributed by atoms with van der Waals surface area (Å²) in [5.41, 5.74) is 7.01. The highest BCUT2D eigenvalue weighted by Gasteiger charge is 2.62. The van der Waals surface area contributed by atoms with Gasteiger partial charge in [-0.15, -0.1) is 0 Å². The van der Waals surface area contributed by atoms with E-state index in [1.807, 2.05) is 0 Å². The van der Waals surface area contributed by atoms with Crippen molar-refractivity contribution < 1.29 is 4.74 Å². The Kier molecular flexibility index (Phi) is 12.5. The zero-order valence-corrected chi connectivity index (χ0v) is 26.9. The van der Waals surface area contributed by atoms with E-state index >= 15 is 0 Å². The lowest BCUT2D eigenvalue weighted by molar-refractivity contribution is -0.178. The van der Waals surface area contributed by atoms with Crippen LogP contribution in [0, 0.1) is 40.4 Å². The third kappa shape index (κ3) is 7.45. The number of rotatable bonds is 17. The molecule has 8 atom stereocenters. The Labute approximate surface area is 244 Å². The van der Waals surface area contributed by atoms with Gasteiger partial charge in [0.2, 0.25) is 0 Å². The molecule has 4 saturated carbocycles. The van der Waals surface area contributed by atoms with Gasteiger partial charge in [0.25, 0.3) is 0 Å². The lowest BCUT2D eigenvalue weighted by Gasteiger charge is -2.62. The van der Waals surface area contributed by atoms with E-state index in [2.05, 4.69) is 32.6 Å². The van der Waals surface area contributed by atoms with Gasteiger partial charge in [0.1, 0.15) is 0 Å². The molecule has 2 N–H and O–H groups in total. The SMILES string of the molecule is CCCCCN(CCCCC)CCCCC1CCC2C3C(CCC12C)C1(C)CCCCC1C[C@H]3OCCCN. The van der Waals surface area contributed by atoms with Crippen molar-refractivity contribution in [1.82, 2.24) is 4.90 Å². The van der Waals surface area contributed by atoms with Gasteiger partial charge < -0.3 is 15.4 Å². The van der Waals surface area contributed by atoms with E-state index in [0.29, 0.717) is 16.9 Å². The Morgan fingerprint density at radius 1 is 0.744 bits per heavy atom. The molecule has 7 unspecified atom stereocenters. The summed E-state index contributed by atoms with van der Waals surface area (Å²) in [6.45, 7) is 15.8. The van der Waals surface area contributed by atoms with Crippen LogP contribution in [0.3, 0.4) is 0 Å². The molecule has 0 aromatic heterocycles. The summed E-state index contributed by atoms with van der Waals surface area (Å²) in [5, 5.41) is 0. The first kappa shape index (κ1) is 31.8. The topological polar surface area (TPSA) is 38.5 Å². The number of hydrogen-bond acceptors (Lipinski definition) is 3. The molecule has 4 rings (SSSR count). The average Bonchev–Trinajstić information content (AvgIpc) is 3.27. The summed E-state index contributed by atoms with van der Waals surface area (Å²) in [6, 6.07) is 0. The molecule has 0 bridgehead atoms. The predicted octanol–water partition coefficient (Wildman–Crippen LogP) is 9.23. The van der Waals surface area contributed by atoms with Crippen molar-refractivity contribution in [3.63, 3.8) is 0 Å². The van der Waals surface area contributed by atoms with Crippen LogP contribution >= 0.6 is 0 Å². The van der Waals surface area contributed by atoms with E-state index in [9.17, 15) is 0 Å². The van der Waals surface area contributed by atoms with Gasteiger partial charge in [-0.2, -0.15) is 0 Å². The van der Waals surface area contributed by atoms with Crippen LogP contribution in [0.1, 0.15) is 150 Å². The Morgan fingerprint density at radius 3 is 2.13 bits per heavy atom. The number of unbranched alkanes of at least 4 members (excludes halogenated alkanes) is 5. The zero-order valence-electron chi connectivity index (χ0n) is 26.9.